The Hall–Kier alpha value is -3.46. The molecular formula is C23H28N6O3. The van der Waals surface area contributed by atoms with E-state index in [1.165, 1.54) is 5.56 Å². The van der Waals surface area contributed by atoms with E-state index in [9.17, 15) is 4.79 Å². The van der Waals surface area contributed by atoms with Gasteiger partial charge in [0.1, 0.15) is 5.75 Å². The van der Waals surface area contributed by atoms with E-state index in [-0.39, 0.29) is 5.91 Å². The number of rotatable bonds is 7. The lowest BCUT2D eigenvalue weighted by molar-refractivity contribution is 0.0627. The van der Waals surface area contributed by atoms with Crippen LogP contribution < -0.4 is 9.47 Å². The lowest BCUT2D eigenvalue weighted by atomic mass is 10.1. The molecule has 9 heteroatoms. The van der Waals surface area contributed by atoms with Crippen molar-refractivity contribution < 1.29 is 14.3 Å². The fourth-order valence-corrected chi connectivity index (χ4v) is 3.89. The van der Waals surface area contributed by atoms with Gasteiger partial charge in [-0.3, -0.25) is 9.69 Å². The van der Waals surface area contributed by atoms with Crippen molar-refractivity contribution in [1.82, 2.24) is 29.8 Å². The molecule has 1 aliphatic heterocycles. The van der Waals surface area contributed by atoms with Crippen LogP contribution in [-0.2, 0) is 13.0 Å². The van der Waals surface area contributed by atoms with Gasteiger partial charge in [0.2, 0.25) is 5.88 Å². The Morgan fingerprint density at radius 3 is 2.31 bits per heavy atom. The van der Waals surface area contributed by atoms with Gasteiger partial charge in [0.25, 0.3) is 5.91 Å². The van der Waals surface area contributed by atoms with Crippen molar-refractivity contribution in [2.45, 2.75) is 19.9 Å². The van der Waals surface area contributed by atoms with Gasteiger partial charge < -0.3 is 14.4 Å². The molecule has 168 valence electrons. The highest BCUT2D eigenvalue weighted by molar-refractivity contribution is 5.95. The number of amides is 1. The van der Waals surface area contributed by atoms with Crippen LogP contribution in [0.4, 0.5) is 0 Å². The molecule has 0 radical (unpaired) electrons. The molecule has 3 aromatic rings. The molecule has 0 atom stereocenters. The summed E-state index contributed by atoms with van der Waals surface area (Å²) in [4.78, 5) is 17.5. The number of carbonyl (C=O) groups excluding carboxylic acids is 1. The lowest BCUT2D eigenvalue weighted by Gasteiger charge is -2.34. The van der Waals surface area contributed by atoms with E-state index >= 15 is 0 Å². The van der Waals surface area contributed by atoms with Crippen molar-refractivity contribution in [2.75, 3.05) is 40.4 Å². The first kappa shape index (κ1) is 21.8. The van der Waals surface area contributed by atoms with Crippen LogP contribution in [0.1, 0.15) is 28.5 Å². The molecule has 32 heavy (non-hydrogen) atoms. The summed E-state index contributed by atoms with van der Waals surface area (Å²) in [7, 11) is 3.21. The van der Waals surface area contributed by atoms with Gasteiger partial charge in [-0.2, -0.15) is 5.10 Å². The molecule has 3 heterocycles. The molecule has 0 bridgehead atoms. The number of hydrogen-bond acceptors (Lipinski definition) is 7. The average molecular weight is 437 g/mol. The number of aromatic nitrogens is 4. The zero-order chi connectivity index (χ0) is 22.5. The van der Waals surface area contributed by atoms with Gasteiger partial charge in [-0.25, -0.2) is 4.68 Å². The molecule has 1 aliphatic rings. The molecular weight excluding hydrogens is 408 g/mol. The van der Waals surface area contributed by atoms with Gasteiger partial charge >= 0.3 is 0 Å². The van der Waals surface area contributed by atoms with Gasteiger partial charge in [-0.15, -0.1) is 10.2 Å². The third-order valence-corrected chi connectivity index (χ3v) is 5.71. The molecule has 1 amide bonds. The second kappa shape index (κ2) is 9.78. The lowest BCUT2D eigenvalue weighted by Crippen LogP contribution is -2.48. The van der Waals surface area contributed by atoms with Crippen LogP contribution in [0.15, 0.2) is 42.6 Å². The van der Waals surface area contributed by atoms with Crippen molar-refractivity contribution in [2.24, 2.45) is 0 Å². The van der Waals surface area contributed by atoms with Crippen LogP contribution in [0.3, 0.4) is 0 Å². The molecule has 1 aromatic carbocycles. The predicted octanol–water partition coefficient (Wildman–Crippen LogP) is 2.20. The number of methoxy groups -OCH3 is 2. The minimum Gasteiger partial charge on any atom is -0.497 e. The second-order valence-electron chi connectivity index (χ2n) is 7.62. The SMILES string of the molecule is CCc1c(C(=O)N2CCN(Cc3ccc(OC)cc3)CC2)cnn1-c1ccc(OC)nn1. The summed E-state index contributed by atoms with van der Waals surface area (Å²) < 4.78 is 12.0. The molecule has 0 aliphatic carbocycles. The van der Waals surface area contributed by atoms with E-state index < -0.39 is 0 Å². The van der Waals surface area contributed by atoms with Gasteiger partial charge in [0.15, 0.2) is 5.82 Å². The zero-order valence-electron chi connectivity index (χ0n) is 18.7. The highest BCUT2D eigenvalue weighted by Gasteiger charge is 2.26. The van der Waals surface area contributed by atoms with Crippen LogP contribution >= 0.6 is 0 Å². The smallest absolute Gasteiger partial charge is 0.257 e. The number of carbonyl (C=O) groups is 1. The Bertz CT molecular complexity index is 1040. The van der Waals surface area contributed by atoms with Crippen molar-refractivity contribution >= 4 is 5.91 Å². The maximum absolute atomic E-state index is 13.2. The zero-order valence-corrected chi connectivity index (χ0v) is 18.7. The first-order valence-electron chi connectivity index (χ1n) is 10.7. The summed E-state index contributed by atoms with van der Waals surface area (Å²) in [5, 5.41) is 12.6. The largest absolute Gasteiger partial charge is 0.497 e. The van der Waals surface area contributed by atoms with Crippen molar-refractivity contribution in [3.05, 3.63) is 59.4 Å². The number of piperazine rings is 1. The van der Waals surface area contributed by atoms with Crippen LogP contribution in [0, 0.1) is 0 Å². The number of hydrogen-bond donors (Lipinski definition) is 0. The van der Waals surface area contributed by atoms with E-state index in [2.05, 4.69) is 32.3 Å². The molecule has 4 rings (SSSR count). The monoisotopic (exact) mass is 436 g/mol. The highest BCUT2D eigenvalue weighted by atomic mass is 16.5. The molecule has 0 unspecified atom stereocenters. The van der Waals surface area contributed by atoms with Crippen LogP contribution in [0.2, 0.25) is 0 Å². The number of ether oxygens (including phenoxy) is 2. The van der Waals surface area contributed by atoms with E-state index in [0.29, 0.717) is 36.8 Å². The number of nitrogens with zero attached hydrogens (tertiary/aromatic N) is 6. The normalized spacial score (nSPS) is 14.4. The summed E-state index contributed by atoms with van der Waals surface area (Å²) in [5.41, 5.74) is 2.68. The fraction of sp³-hybridized carbons (Fsp3) is 0.391. The summed E-state index contributed by atoms with van der Waals surface area (Å²) in [5.74, 6) is 1.87. The number of benzene rings is 1. The van der Waals surface area contributed by atoms with Crippen molar-refractivity contribution in [1.29, 1.82) is 0 Å². The highest BCUT2D eigenvalue weighted by Crippen LogP contribution is 2.19. The Morgan fingerprint density at radius 2 is 1.72 bits per heavy atom. The Morgan fingerprint density at radius 1 is 0.969 bits per heavy atom. The van der Waals surface area contributed by atoms with E-state index in [4.69, 9.17) is 9.47 Å². The quantitative estimate of drug-likeness (QED) is 0.561. The van der Waals surface area contributed by atoms with Gasteiger partial charge in [0.05, 0.1) is 31.7 Å². The molecule has 0 N–H and O–H groups in total. The minimum absolute atomic E-state index is 0.0127. The summed E-state index contributed by atoms with van der Waals surface area (Å²) in [6, 6.07) is 11.6. The van der Waals surface area contributed by atoms with E-state index in [0.717, 1.165) is 31.1 Å². The predicted molar refractivity (Wildman–Crippen MR) is 119 cm³/mol. The fourth-order valence-electron chi connectivity index (χ4n) is 3.89. The van der Waals surface area contributed by atoms with Crippen LogP contribution in [-0.4, -0.2) is 76.1 Å². The van der Waals surface area contributed by atoms with Gasteiger partial charge in [-0.05, 0) is 30.2 Å². The van der Waals surface area contributed by atoms with Crippen LogP contribution in [0.25, 0.3) is 5.82 Å². The summed E-state index contributed by atoms with van der Waals surface area (Å²) >= 11 is 0. The first-order chi connectivity index (χ1) is 15.6. The minimum atomic E-state index is 0.0127. The maximum atomic E-state index is 13.2. The summed E-state index contributed by atoms with van der Waals surface area (Å²) in [6.07, 6.45) is 2.29. The van der Waals surface area contributed by atoms with Gasteiger partial charge in [0, 0.05) is 38.8 Å². The molecule has 0 spiro atoms. The van der Waals surface area contributed by atoms with Crippen molar-refractivity contribution in [3.8, 4) is 17.4 Å². The average Bonchev–Trinajstić information content (AvgIpc) is 3.28. The molecule has 0 saturated carbocycles. The van der Waals surface area contributed by atoms with E-state index in [1.54, 1.807) is 37.2 Å². The van der Waals surface area contributed by atoms with Gasteiger partial charge in [-0.1, -0.05) is 19.1 Å². The molecule has 9 nitrogen and oxygen atoms in total. The molecule has 1 saturated heterocycles. The first-order valence-corrected chi connectivity index (χ1v) is 10.7. The third kappa shape index (κ3) is 4.57. The van der Waals surface area contributed by atoms with Crippen molar-refractivity contribution in [3.63, 3.8) is 0 Å². The van der Waals surface area contributed by atoms with Crippen LogP contribution in [0.5, 0.6) is 11.6 Å². The molecule has 1 fully saturated rings. The Kier molecular flexibility index (Phi) is 6.65. The maximum Gasteiger partial charge on any atom is 0.257 e. The Balaban J connectivity index is 1.41. The topological polar surface area (TPSA) is 85.6 Å². The summed E-state index contributed by atoms with van der Waals surface area (Å²) in [6.45, 7) is 5.90. The molecule has 2 aromatic heterocycles. The Labute approximate surface area is 187 Å². The van der Waals surface area contributed by atoms with E-state index in [1.807, 2.05) is 24.0 Å². The standard InChI is InChI=1S/C23H28N6O3/c1-4-20-19(15-24-29(20)21-9-10-22(32-3)26-25-21)23(30)28-13-11-27(12-14-28)16-17-5-7-18(31-2)8-6-17/h5-10,15H,4,11-14,16H2,1-3H3. The third-order valence-electron chi connectivity index (χ3n) is 5.71. The second-order valence-corrected chi connectivity index (χ2v) is 7.62.